The van der Waals surface area contributed by atoms with E-state index < -0.39 is 0 Å². The Hall–Kier alpha value is -0.830. The first kappa shape index (κ1) is 10.7. The van der Waals surface area contributed by atoms with Gasteiger partial charge in [0.2, 0.25) is 0 Å². The fourth-order valence-corrected chi connectivity index (χ4v) is 3.04. The molecule has 0 saturated carbocycles. The highest BCUT2D eigenvalue weighted by Crippen LogP contribution is 2.41. The molecular weight excluding hydrogens is 190 g/mol. The van der Waals surface area contributed by atoms with Crippen molar-refractivity contribution in [1.29, 1.82) is 0 Å². The molecule has 3 heteroatoms. The summed E-state index contributed by atoms with van der Waals surface area (Å²) in [5, 5.41) is 3.36. The largest absolute Gasteiger partial charge is 0.465 e. The highest BCUT2D eigenvalue weighted by Gasteiger charge is 2.47. The van der Waals surface area contributed by atoms with Crippen LogP contribution in [0.2, 0.25) is 0 Å². The van der Waals surface area contributed by atoms with Crippen LogP contribution in [0.5, 0.6) is 0 Å². The summed E-state index contributed by atoms with van der Waals surface area (Å²) in [7, 11) is 0. The molecule has 0 aromatic heterocycles. The molecule has 1 aliphatic heterocycles. The molecule has 0 spiro atoms. The third-order valence-electron chi connectivity index (χ3n) is 3.65. The van der Waals surface area contributed by atoms with Crippen molar-refractivity contribution in [3.8, 4) is 0 Å². The molecule has 84 valence electrons. The van der Waals surface area contributed by atoms with E-state index in [1.165, 1.54) is 5.57 Å². The molecule has 1 heterocycles. The SMILES string of the molecule is CCOC(=O)[C@H]1N[C@@H](C)[C@@H]2C(C)=CC[C@@H]21. The van der Waals surface area contributed by atoms with E-state index in [2.05, 4.69) is 25.2 Å². The van der Waals surface area contributed by atoms with E-state index in [0.717, 1.165) is 6.42 Å². The van der Waals surface area contributed by atoms with Crippen molar-refractivity contribution in [1.82, 2.24) is 5.32 Å². The minimum atomic E-state index is -0.0985. The Bertz CT molecular complexity index is 298. The quantitative estimate of drug-likeness (QED) is 0.553. The summed E-state index contributed by atoms with van der Waals surface area (Å²) in [6, 6.07) is 0.293. The lowest BCUT2D eigenvalue weighted by Gasteiger charge is -2.17. The first-order valence-electron chi connectivity index (χ1n) is 5.74. The highest BCUT2D eigenvalue weighted by atomic mass is 16.5. The number of rotatable bonds is 2. The third kappa shape index (κ3) is 1.69. The summed E-state index contributed by atoms with van der Waals surface area (Å²) in [5.74, 6) is 0.860. The van der Waals surface area contributed by atoms with Gasteiger partial charge in [-0.25, -0.2) is 0 Å². The highest BCUT2D eigenvalue weighted by molar-refractivity contribution is 5.77. The number of allylic oxidation sites excluding steroid dienone is 1. The average Bonchev–Trinajstić information content (AvgIpc) is 2.70. The average molecular weight is 209 g/mol. The number of carbonyl (C=O) groups excluding carboxylic acids is 1. The van der Waals surface area contributed by atoms with Gasteiger partial charge in [-0.2, -0.15) is 0 Å². The van der Waals surface area contributed by atoms with Gasteiger partial charge < -0.3 is 10.1 Å². The second-order valence-electron chi connectivity index (χ2n) is 4.56. The Labute approximate surface area is 90.9 Å². The molecule has 1 N–H and O–H groups in total. The van der Waals surface area contributed by atoms with Gasteiger partial charge in [-0.05, 0) is 39.0 Å². The van der Waals surface area contributed by atoms with Gasteiger partial charge in [-0.3, -0.25) is 4.79 Å². The lowest BCUT2D eigenvalue weighted by atomic mass is 9.87. The van der Waals surface area contributed by atoms with E-state index in [1.807, 2.05) is 6.92 Å². The topological polar surface area (TPSA) is 38.3 Å². The van der Waals surface area contributed by atoms with Gasteiger partial charge >= 0.3 is 5.97 Å². The van der Waals surface area contributed by atoms with Gasteiger partial charge in [0.05, 0.1) is 6.61 Å². The smallest absolute Gasteiger partial charge is 0.323 e. The molecule has 0 amide bonds. The first-order chi connectivity index (χ1) is 7.15. The number of nitrogens with one attached hydrogen (secondary N) is 1. The van der Waals surface area contributed by atoms with Gasteiger partial charge in [0.25, 0.3) is 0 Å². The van der Waals surface area contributed by atoms with E-state index in [9.17, 15) is 4.79 Å². The molecule has 3 nitrogen and oxygen atoms in total. The number of esters is 1. The van der Waals surface area contributed by atoms with Crippen LogP contribution in [0.15, 0.2) is 11.6 Å². The maximum Gasteiger partial charge on any atom is 0.323 e. The standard InChI is InChI=1S/C12H19NO2/c1-4-15-12(14)11-9-6-5-7(2)10(9)8(3)13-11/h5,8-11,13H,4,6H2,1-3H3/t8-,9-,10-,11-/m0/s1. The van der Waals surface area contributed by atoms with E-state index >= 15 is 0 Å². The van der Waals surface area contributed by atoms with Crippen LogP contribution in [0.1, 0.15) is 27.2 Å². The maximum atomic E-state index is 11.7. The molecule has 0 bridgehead atoms. The number of hydrogen-bond donors (Lipinski definition) is 1. The molecule has 0 radical (unpaired) electrons. The van der Waals surface area contributed by atoms with Gasteiger partial charge in [0.1, 0.15) is 6.04 Å². The van der Waals surface area contributed by atoms with Crippen LogP contribution in [0.25, 0.3) is 0 Å². The molecule has 15 heavy (non-hydrogen) atoms. The maximum absolute atomic E-state index is 11.7. The minimum absolute atomic E-state index is 0.0834. The molecule has 2 aliphatic rings. The third-order valence-corrected chi connectivity index (χ3v) is 3.65. The van der Waals surface area contributed by atoms with Crippen molar-refractivity contribution >= 4 is 5.97 Å². The lowest BCUT2D eigenvalue weighted by molar-refractivity contribution is -0.146. The summed E-state index contributed by atoms with van der Waals surface area (Å²) in [6.07, 6.45) is 3.27. The zero-order valence-corrected chi connectivity index (χ0v) is 9.62. The van der Waals surface area contributed by atoms with Crippen LogP contribution >= 0.6 is 0 Å². The molecule has 0 aromatic rings. The Morgan fingerprint density at radius 3 is 3.07 bits per heavy atom. The van der Waals surface area contributed by atoms with E-state index in [0.29, 0.717) is 24.5 Å². The zero-order chi connectivity index (χ0) is 11.0. The summed E-state index contributed by atoms with van der Waals surface area (Å²) < 4.78 is 5.09. The molecule has 1 saturated heterocycles. The first-order valence-corrected chi connectivity index (χ1v) is 5.74. The predicted molar refractivity (Wildman–Crippen MR) is 58.4 cm³/mol. The Kier molecular flexibility index (Phi) is 2.83. The molecule has 1 fully saturated rings. The summed E-state index contributed by atoms with van der Waals surface area (Å²) in [6.45, 7) is 6.64. The fraction of sp³-hybridized carbons (Fsp3) is 0.750. The molecular formula is C12H19NO2. The van der Waals surface area contributed by atoms with Crippen LogP contribution in [0, 0.1) is 11.8 Å². The molecule has 4 atom stereocenters. The second-order valence-corrected chi connectivity index (χ2v) is 4.56. The number of ether oxygens (including phenoxy) is 1. The number of fused-ring (bicyclic) bond motifs is 1. The monoisotopic (exact) mass is 209 g/mol. The summed E-state index contributed by atoms with van der Waals surface area (Å²) in [5.41, 5.74) is 1.42. The Morgan fingerprint density at radius 2 is 2.40 bits per heavy atom. The minimum Gasteiger partial charge on any atom is -0.465 e. The van der Waals surface area contributed by atoms with Crippen molar-refractivity contribution in [3.05, 3.63) is 11.6 Å². The normalized spacial score (nSPS) is 38.7. The van der Waals surface area contributed by atoms with Gasteiger partial charge in [0.15, 0.2) is 0 Å². The van der Waals surface area contributed by atoms with Crippen molar-refractivity contribution < 1.29 is 9.53 Å². The fourth-order valence-electron chi connectivity index (χ4n) is 3.04. The Balaban J connectivity index is 2.09. The lowest BCUT2D eigenvalue weighted by Crippen LogP contribution is -2.38. The van der Waals surface area contributed by atoms with Crippen molar-refractivity contribution in [2.75, 3.05) is 6.61 Å². The van der Waals surface area contributed by atoms with E-state index in [-0.39, 0.29) is 12.0 Å². The van der Waals surface area contributed by atoms with Crippen LogP contribution in [0.3, 0.4) is 0 Å². The van der Waals surface area contributed by atoms with Gasteiger partial charge in [0, 0.05) is 6.04 Å². The molecule has 0 unspecified atom stereocenters. The van der Waals surface area contributed by atoms with Crippen molar-refractivity contribution in [2.45, 2.75) is 39.3 Å². The number of carbonyl (C=O) groups is 1. The van der Waals surface area contributed by atoms with E-state index in [1.54, 1.807) is 0 Å². The number of hydrogen-bond acceptors (Lipinski definition) is 3. The predicted octanol–water partition coefficient (Wildman–Crippen LogP) is 1.49. The van der Waals surface area contributed by atoms with Crippen LogP contribution < -0.4 is 5.32 Å². The second kappa shape index (κ2) is 3.97. The zero-order valence-electron chi connectivity index (χ0n) is 9.62. The summed E-state index contributed by atoms with van der Waals surface area (Å²) in [4.78, 5) is 11.7. The van der Waals surface area contributed by atoms with Crippen LogP contribution in [-0.4, -0.2) is 24.7 Å². The van der Waals surface area contributed by atoms with Crippen molar-refractivity contribution in [3.63, 3.8) is 0 Å². The van der Waals surface area contributed by atoms with E-state index in [4.69, 9.17) is 4.74 Å². The van der Waals surface area contributed by atoms with Gasteiger partial charge in [-0.15, -0.1) is 0 Å². The molecule has 2 rings (SSSR count). The summed E-state index contributed by atoms with van der Waals surface area (Å²) >= 11 is 0. The van der Waals surface area contributed by atoms with Crippen LogP contribution in [-0.2, 0) is 9.53 Å². The van der Waals surface area contributed by atoms with Gasteiger partial charge in [-0.1, -0.05) is 11.6 Å². The Morgan fingerprint density at radius 1 is 1.67 bits per heavy atom. The molecule has 1 aliphatic carbocycles. The molecule has 0 aromatic carbocycles. The van der Waals surface area contributed by atoms with Crippen molar-refractivity contribution in [2.24, 2.45) is 11.8 Å². The van der Waals surface area contributed by atoms with Crippen LogP contribution in [0.4, 0.5) is 0 Å².